The van der Waals surface area contributed by atoms with Crippen LogP contribution in [0, 0.1) is 13.8 Å². The first kappa shape index (κ1) is 16.0. The van der Waals surface area contributed by atoms with E-state index in [1.54, 1.807) is 0 Å². The molecular weight excluding hydrogens is 266 g/mol. The number of carbonyl (C=O) groups is 1. The van der Waals surface area contributed by atoms with Crippen molar-refractivity contribution in [2.45, 2.75) is 26.8 Å². The molecule has 1 saturated heterocycles. The summed E-state index contributed by atoms with van der Waals surface area (Å²) in [6.07, 6.45) is 0.595. The lowest BCUT2D eigenvalue weighted by Gasteiger charge is -2.34. The molecule has 0 aliphatic carbocycles. The molecule has 6 heteroatoms. The molecule has 1 aromatic heterocycles. The Morgan fingerprint density at radius 3 is 2.43 bits per heavy atom. The Labute approximate surface area is 127 Å². The highest BCUT2D eigenvalue weighted by atomic mass is 16.2. The largest absolute Gasteiger partial charge is 0.340 e. The summed E-state index contributed by atoms with van der Waals surface area (Å²) in [5, 5.41) is 7.50. The molecule has 2 rings (SSSR count). The molecule has 1 aromatic rings. The Hall–Kier alpha value is -1.40. The predicted octanol–water partition coefficient (Wildman–Crippen LogP) is 0.291. The molecule has 0 aromatic carbocycles. The van der Waals surface area contributed by atoms with Gasteiger partial charge in [0.15, 0.2) is 0 Å². The van der Waals surface area contributed by atoms with Crippen molar-refractivity contribution >= 4 is 5.91 Å². The fourth-order valence-corrected chi connectivity index (χ4v) is 2.82. The molecule has 1 aliphatic rings. The molecule has 0 saturated carbocycles. The van der Waals surface area contributed by atoms with E-state index in [4.69, 9.17) is 0 Å². The summed E-state index contributed by atoms with van der Waals surface area (Å²) < 4.78 is 1.95. The smallest absolute Gasteiger partial charge is 0.223 e. The van der Waals surface area contributed by atoms with Crippen LogP contribution in [-0.2, 0) is 18.4 Å². The summed E-state index contributed by atoms with van der Waals surface area (Å²) in [6, 6.07) is 0. The van der Waals surface area contributed by atoms with E-state index in [1.165, 1.54) is 11.3 Å². The van der Waals surface area contributed by atoms with Crippen LogP contribution in [0.2, 0.25) is 0 Å². The first-order valence-electron chi connectivity index (χ1n) is 7.66. The first-order valence-corrected chi connectivity index (χ1v) is 7.66. The molecule has 0 radical (unpaired) electrons. The van der Waals surface area contributed by atoms with Crippen LogP contribution in [0.5, 0.6) is 0 Å². The van der Waals surface area contributed by atoms with Crippen molar-refractivity contribution in [1.82, 2.24) is 24.9 Å². The molecule has 1 amide bonds. The monoisotopic (exact) mass is 293 g/mol. The summed E-state index contributed by atoms with van der Waals surface area (Å²) in [5.41, 5.74) is 3.68. The summed E-state index contributed by atoms with van der Waals surface area (Å²) >= 11 is 0. The van der Waals surface area contributed by atoms with E-state index in [9.17, 15) is 4.79 Å². The number of piperazine rings is 1. The van der Waals surface area contributed by atoms with Crippen molar-refractivity contribution in [3.8, 4) is 0 Å². The van der Waals surface area contributed by atoms with Gasteiger partial charge in [-0.05, 0) is 20.9 Å². The van der Waals surface area contributed by atoms with E-state index in [1.807, 2.05) is 23.7 Å². The van der Waals surface area contributed by atoms with Gasteiger partial charge in [0.2, 0.25) is 5.91 Å². The maximum absolute atomic E-state index is 12.0. The number of carbonyl (C=O) groups excluding carboxylic acids is 1. The third-order valence-electron chi connectivity index (χ3n) is 4.35. The molecule has 6 nitrogen and oxygen atoms in total. The lowest BCUT2D eigenvalue weighted by Crippen LogP contribution is -2.48. The van der Waals surface area contributed by atoms with Gasteiger partial charge >= 0.3 is 0 Å². The molecule has 1 N–H and O–H groups in total. The quantitative estimate of drug-likeness (QED) is 0.848. The van der Waals surface area contributed by atoms with Gasteiger partial charge in [0, 0.05) is 64.0 Å². The Morgan fingerprint density at radius 2 is 1.90 bits per heavy atom. The zero-order chi connectivity index (χ0) is 15.4. The van der Waals surface area contributed by atoms with Gasteiger partial charge in [-0.1, -0.05) is 0 Å². The molecule has 21 heavy (non-hydrogen) atoms. The summed E-state index contributed by atoms with van der Waals surface area (Å²) in [7, 11) is 3.87. The van der Waals surface area contributed by atoms with E-state index in [0.717, 1.165) is 45.0 Å². The number of hydrogen-bond donors (Lipinski definition) is 1. The van der Waals surface area contributed by atoms with Crippen LogP contribution in [-0.4, -0.2) is 65.3 Å². The van der Waals surface area contributed by atoms with Crippen molar-refractivity contribution in [3.05, 3.63) is 17.0 Å². The van der Waals surface area contributed by atoms with Crippen LogP contribution in [0.3, 0.4) is 0 Å². The molecule has 0 atom stereocenters. The van der Waals surface area contributed by atoms with Gasteiger partial charge in [-0.25, -0.2) is 0 Å². The molecule has 0 bridgehead atoms. The maximum atomic E-state index is 12.0. The van der Waals surface area contributed by atoms with Crippen molar-refractivity contribution in [2.75, 3.05) is 39.8 Å². The second-order valence-corrected chi connectivity index (χ2v) is 5.78. The highest BCUT2D eigenvalue weighted by Crippen LogP contribution is 2.16. The Balaban J connectivity index is 1.85. The molecule has 118 valence electrons. The highest BCUT2D eigenvalue weighted by Gasteiger charge is 2.22. The van der Waals surface area contributed by atoms with E-state index in [0.29, 0.717) is 6.42 Å². The second kappa shape index (κ2) is 7.04. The summed E-state index contributed by atoms with van der Waals surface area (Å²) in [5.74, 6) is 0.262. The molecule has 2 heterocycles. The molecule has 0 unspecified atom stereocenters. The van der Waals surface area contributed by atoms with Crippen LogP contribution in [0.15, 0.2) is 0 Å². The van der Waals surface area contributed by atoms with Crippen molar-refractivity contribution < 1.29 is 4.79 Å². The number of aryl methyl sites for hydroxylation is 2. The fourth-order valence-electron chi connectivity index (χ4n) is 2.82. The number of rotatable bonds is 5. The molecule has 0 spiro atoms. The van der Waals surface area contributed by atoms with Gasteiger partial charge in [-0.3, -0.25) is 14.4 Å². The average molecular weight is 293 g/mol. The minimum Gasteiger partial charge on any atom is -0.340 e. The predicted molar refractivity (Wildman–Crippen MR) is 83.1 cm³/mol. The second-order valence-electron chi connectivity index (χ2n) is 5.78. The Morgan fingerprint density at radius 1 is 1.24 bits per heavy atom. The van der Waals surface area contributed by atoms with Crippen LogP contribution < -0.4 is 5.32 Å². The van der Waals surface area contributed by atoms with Crippen LogP contribution >= 0.6 is 0 Å². The van der Waals surface area contributed by atoms with Gasteiger partial charge in [-0.15, -0.1) is 0 Å². The van der Waals surface area contributed by atoms with Gasteiger partial charge < -0.3 is 10.2 Å². The van der Waals surface area contributed by atoms with E-state index in [2.05, 4.69) is 29.2 Å². The number of amides is 1. The van der Waals surface area contributed by atoms with Gasteiger partial charge in [0.05, 0.1) is 5.69 Å². The minimum absolute atomic E-state index is 0.262. The van der Waals surface area contributed by atoms with Crippen LogP contribution in [0.1, 0.15) is 23.4 Å². The SMILES string of the molecule is CNCCC(=O)N1CCN(Cc2c(C)nn(C)c2C)CC1. The van der Waals surface area contributed by atoms with Gasteiger partial charge in [-0.2, -0.15) is 5.10 Å². The molecular formula is C15H27N5O. The summed E-state index contributed by atoms with van der Waals surface area (Å²) in [4.78, 5) is 16.4. The van der Waals surface area contributed by atoms with Gasteiger partial charge in [0.25, 0.3) is 0 Å². The van der Waals surface area contributed by atoms with Crippen molar-refractivity contribution in [3.63, 3.8) is 0 Å². The van der Waals surface area contributed by atoms with E-state index >= 15 is 0 Å². The van der Waals surface area contributed by atoms with Crippen LogP contribution in [0.4, 0.5) is 0 Å². The van der Waals surface area contributed by atoms with Crippen LogP contribution in [0.25, 0.3) is 0 Å². The lowest BCUT2D eigenvalue weighted by atomic mass is 10.1. The Bertz CT molecular complexity index is 488. The van der Waals surface area contributed by atoms with E-state index < -0.39 is 0 Å². The maximum Gasteiger partial charge on any atom is 0.223 e. The van der Waals surface area contributed by atoms with E-state index in [-0.39, 0.29) is 5.91 Å². The number of nitrogens with one attached hydrogen (secondary N) is 1. The summed E-state index contributed by atoms with van der Waals surface area (Å²) in [6.45, 7) is 9.43. The minimum atomic E-state index is 0.262. The standard InChI is InChI=1S/C15H27N5O/c1-12-14(13(2)18(4)17-12)11-19-7-9-20(10-8-19)15(21)5-6-16-3/h16H,5-11H2,1-4H3. The number of aromatic nitrogens is 2. The number of nitrogens with zero attached hydrogens (tertiary/aromatic N) is 4. The highest BCUT2D eigenvalue weighted by molar-refractivity contribution is 5.76. The normalized spacial score (nSPS) is 16.5. The number of hydrogen-bond acceptors (Lipinski definition) is 4. The Kier molecular flexibility index (Phi) is 5.36. The molecule has 1 fully saturated rings. The first-order chi connectivity index (χ1) is 10.0. The zero-order valence-electron chi connectivity index (χ0n) is 13.6. The van der Waals surface area contributed by atoms with Crippen molar-refractivity contribution in [2.24, 2.45) is 7.05 Å². The topological polar surface area (TPSA) is 53.4 Å². The third kappa shape index (κ3) is 3.83. The fraction of sp³-hybridized carbons (Fsp3) is 0.733. The van der Waals surface area contributed by atoms with Gasteiger partial charge in [0.1, 0.15) is 0 Å². The molecule has 1 aliphatic heterocycles. The third-order valence-corrected chi connectivity index (χ3v) is 4.35. The zero-order valence-corrected chi connectivity index (χ0v) is 13.6. The van der Waals surface area contributed by atoms with Crippen molar-refractivity contribution in [1.29, 1.82) is 0 Å². The lowest BCUT2D eigenvalue weighted by molar-refractivity contribution is -0.132. The average Bonchev–Trinajstić information content (AvgIpc) is 2.72.